The Morgan fingerprint density at radius 2 is 0.418 bits per heavy atom. The minimum absolute atomic E-state index is 0.110. The molecule has 5 atom stereocenters. The van der Waals surface area contributed by atoms with Crippen LogP contribution in [0.1, 0.15) is 497 Å². The molecule has 0 aliphatic carbocycles. The lowest BCUT2D eigenvalue weighted by molar-refractivity contribution is -0.161. The van der Waals surface area contributed by atoms with Crippen molar-refractivity contribution in [3.8, 4) is 0 Å². The van der Waals surface area contributed by atoms with Crippen LogP contribution in [0.2, 0.25) is 0 Å². The molecule has 0 aromatic rings. The summed E-state index contributed by atoms with van der Waals surface area (Å²) < 4.78 is 69.1. The first kappa shape index (κ1) is 108. The summed E-state index contributed by atoms with van der Waals surface area (Å²) in [5, 5.41) is 10.7. The van der Waals surface area contributed by atoms with E-state index in [0.717, 1.165) is 95.8 Å². The van der Waals surface area contributed by atoms with Gasteiger partial charge in [0.2, 0.25) is 0 Å². The summed E-state index contributed by atoms with van der Waals surface area (Å²) in [5.74, 6) is -1.28. The van der Waals surface area contributed by atoms with Crippen molar-refractivity contribution in [2.24, 2.45) is 5.92 Å². The molecule has 0 radical (unpaired) electrons. The van der Waals surface area contributed by atoms with E-state index in [1.165, 1.54) is 321 Å². The molecule has 0 saturated heterocycles. The van der Waals surface area contributed by atoms with E-state index in [9.17, 15) is 43.2 Å². The highest BCUT2D eigenvalue weighted by Crippen LogP contribution is 2.45. The second-order valence-electron chi connectivity index (χ2n) is 33.2. The summed E-state index contributed by atoms with van der Waals surface area (Å²) in [4.78, 5) is 73.4. The maximum absolute atomic E-state index is 13.2. The predicted molar refractivity (Wildman–Crippen MR) is 455 cm³/mol. The normalized spacial score (nSPS) is 13.7. The molecule has 110 heavy (non-hydrogen) atoms. The number of esters is 4. The quantitative estimate of drug-likeness (QED) is 0.0222. The van der Waals surface area contributed by atoms with Gasteiger partial charge in [-0.15, -0.1) is 0 Å². The average Bonchev–Trinajstić information content (AvgIpc) is 0.897. The van der Waals surface area contributed by atoms with Crippen molar-refractivity contribution < 1.29 is 80.2 Å². The van der Waals surface area contributed by atoms with Gasteiger partial charge in [-0.05, 0) is 31.6 Å². The topological polar surface area (TPSA) is 237 Å². The number of ether oxygens (including phenoxy) is 4. The number of phosphoric ester groups is 2. The minimum Gasteiger partial charge on any atom is -0.462 e. The van der Waals surface area contributed by atoms with Crippen molar-refractivity contribution in [1.29, 1.82) is 0 Å². The molecule has 0 saturated carbocycles. The van der Waals surface area contributed by atoms with Gasteiger partial charge in [0.05, 0.1) is 26.4 Å². The maximum atomic E-state index is 13.2. The van der Waals surface area contributed by atoms with Crippen molar-refractivity contribution in [3.63, 3.8) is 0 Å². The van der Waals surface area contributed by atoms with Gasteiger partial charge in [0.1, 0.15) is 19.3 Å². The summed E-state index contributed by atoms with van der Waals surface area (Å²) in [6.07, 6.45) is 79.2. The first-order valence-corrected chi connectivity index (χ1v) is 50.1. The summed E-state index contributed by atoms with van der Waals surface area (Å²) in [7, 11) is -9.93. The molecule has 0 bridgehead atoms. The minimum atomic E-state index is -4.97. The average molecular weight is 1610 g/mol. The second kappa shape index (κ2) is 83.5. The Hall–Kier alpha value is -1.94. The molecule has 654 valence electrons. The van der Waals surface area contributed by atoms with Crippen LogP contribution in [0.15, 0.2) is 0 Å². The van der Waals surface area contributed by atoms with Crippen LogP contribution in [-0.4, -0.2) is 96.7 Å². The van der Waals surface area contributed by atoms with Crippen LogP contribution < -0.4 is 0 Å². The van der Waals surface area contributed by atoms with Gasteiger partial charge in [0.25, 0.3) is 0 Å². The SMILES string of the molecule is CCCCCCCCCCCCCCCCCCCCCCC(=O)O[C@H](COC(=O)CCCCCCCCCCCCCCCCCCC(C)C)COP(=O)(O)OC[C@@H](O)COP(=O)(O)OC[C@@H](COC(=O)CCCCCCCCCCCCCC)OC(=O)CCCCCCCCCCCCCCCCCCCCC. The molecular weight excluding hydrogens is 1430 g/mol. The number of aliphatic hydroxyl groups is 1. The van der Waals surface area contributed by atoms with Crippen molar-refractivity contribution in [2.75, 3.05) is 39.6 Å². The molecule has 0 aliphatic heterocycles. The van der Waals surface area contributed by atoms with Gasteiger partial charge in [-0.2, -0.15) is 0 Å². The molecule has 0 spiro atoms. The van der Waals surface area contributed by atoms with E-state index in [0.29, 0.717) is 25.7 Å². The van der Waals surface area contributed by atoms with Gasteiger partial charge in [-0.25, -0.2) is 9.13 Å². The number of unbranched alkanes of at least 4 members (excludes halogenated alkanes) is 63. The van der Waals surface area contributed by atoms with E-state index < -0.39 is 97.5 Å². The number of hydrogen-bond donors (Lipinski definition) is 3. The largest absolute Gasteiger partial charge is 0.472 e. The molecule has 0 heterocycles. The zero-order valence-corrected chi connectivity index (χ0v) is 74.2. The second-order valence-corrected chi connectivity index (χ2v) is 36.1. The summed E-state index contributed by atoms with van der Waals surface area (Å²) in [5.41, 5.74) is 0. The first-order valence-electron chi connectivity index (χ1n) is 47.1. The smallest absolute Gasteiger partial charge is 0.462 e. The lowest BCUT2D eigenvalue weighted by Crippen LogP contribution is -2.30. The van der Waals surface area contributed by atoms with Crippen molar-refractivity contribution in [2.45, 2.75) is 515 Å². The fourth-order valence-electron chi connectivity index (χ4n) is 14.4. The Morgan fingerprint density at radius 1 is 0.245 bits per heavy atom. The van der Waals surface area contributed by atoms with Crippen molar-refractivity contribution in [1.82, 2.24) is 0 Å². The van der Waals surface area contributed by atoms with Gasteiger partial charge >= 0.3 is 39.5 Å². The molecule has 2 unspecified atom stereocenters. The Labute approximate surface area is 677 Å². The van der Waals surface area contributed by atoms with Gasteiger partial charge in [-0.3, -0.25) is 37.3 Å². The summed E-state index contributed by atoms with van der Waals surface area (Å²) >= 11 is 0. The van der Waals surface area contributed by atoms with Gasteiger partial charge in [-0.1, -0.05) is 446 Å². The van der Waals surface area contributed by atoms with Crippen LogP contribution >= 0.6 is 15.6 Å². The Kier molecular flexibility index (Phi) is 82.1. The highest BCUT2D eigenvalue weighted by molar-refractivity contribution is 7.47. The fourth-order valence-corrected chi connectivity index (χ4v) is 15.9. The third-order valence-corrected chi connectivity index (χ3v) is 23.4. The maximum Gasteiger partial charge on any atom is 0.472 e. The van der Waals surface area contributed by atoms with Crippen LogP contribution in [-0.2, 0) is 65.4 Å². The third-order valence-electron chi connectivity index (χ3n) is 21.5. The van der Waals surface area contributed by atoms with Crippen LogP contribution in [0.5, 0.6) is 0 Å². The molecule has 0 fully saturated rings. The molecule has 0 rings (SSSR count). The number of aliphatic hydroxyl groups excluding tert-OH is 1. The Bertz CT molecular complexity index is 2080. The van der Waals surface area contributed by atoms with Crippen LogP contribution in [0.25, 0.3) is 0 Å². The molecule has 0 amide bonds. The summed E-state index contributed by atoms with van der Waals surface area (Å²) in [6, 6.07) is 0. The lowest BCUT2D eigenvalue weighted by atomic mass is 10.0. The summed E-state index contributed by atoms with van der Waals surface area (Å²) in [6.45, 7) is 7.43. The molecule has 0 aliphatic rings. The van der Waals surface area contributed by atoms with E-state index in [4.69, 9.17) is 37.0 Å². The van der Waals surface area contributed by atoms with Gasteiger partial charge < -0.3 is 33.8 Å². The number of hydrogen-bond acceptors (Lipinski definition) is 15. The van der Waals surface area contributed by atoms with Crippen molar-refractivity contribution in [3.05, 3.63) is 0 Å². The highest BCUT2D eigenvalue weighted by Gasteiger charge is 2.31. The van der Waals surface area contributed by atoms with Crippen LogP contribution in [0, 0.1) is 5.92 Å². The molecule has 17 nitrogen and oxygen atoms in total. The molecule has 19 heteroatoms. The van der Waals surface area contributed by atoms with E-state index in [1.54, 1.807) is 0 Å². The van der Waals surface area contributed by atoms with E-state index in [-0.39, 0.29) is 25.7 Å². The Morgan fingerprint density at radius 3 is 0.618 bits per heavy atom. The molecule has 3 N–H and O–H groups in total. The van der Waals surface area contributed by atoms with E-state index in [1.807, 2.05) is 0 Å². The predicted octanol–water partition coefficient (Wildman–Crippen LogP) is 28.3. The van der Waals surface area contributed by atoms with Gasteiger partial charge in [0.15, 0.2) is 12.2 Å². The number of carbonyl (C=O) groups excluding carboxylic acids is 4. The monoisotopic (exact) mass is 1610 g/mol. The lowest BCUT2D eigenvalue weighted by Gasteiger charge is -2.21. The molecular formula is C91H178O17P2. The fraction of sp³-hybridized carbons (Fsp3) is 0.956. The molecule has 0 aromatic carbocycles. The highest BCUT2D eigenvalue weighted by atomic mass is 31.2. The number of rotatable bonds is 91. The third kappa shape index (κ3) is 84.0. The van der Waals surface area contributed by atoms with E-state index >= 15 is 0 Å². The number of carbonyl (C=O) groups is 4. The van der Waals surface area contributed by atoms with Crippen molar-refractivity contribution >= 4 is 39.5 Å². The zero-order chi connectivity index (χ0) is 80.4. The standard InChI is InChI=1S/C91H178O17P2/c1-6-9-12-15-18-21-24-27-29-31-33-35-37-43-47-52-57-62-67-72-77-91(96)108-87(81-102-89(94)75-70-65-60-55-50-45-41-39-38-40-44-48-53-58-63-68-73-84(4)5)83-106-110(99,100)104-79-85(92)78-103-109(97,98)105-82-86(80-101-88(93)74-69-64-59-54-49-26-23-20-17-14-11-8-3)107-90(95)76-71-66-61-56-51-46-42-36-34-32-30-28-25-22-19-16-13-10-7-2/h84-87,92H,6-83H2,1-5H3,(H,97,98)(H,99,100)/t85-,86+,87+/m0/s1. The zero-order valence-electron chi connectivity index (χ0n) is 72.4. The van der Waals surface area contributed by atoms with E-state index in [2.05, 4.69) is 34.6 Å². The van der Waals surface area contributed by atoms with Crippen LogP contribution in [0.3, 0.4) is 0 Å². The first-order chi connectivity index (χ1) is 53.5. The van der Waals surface area contributed by atoms with Gasteiger partial charge in [0, 0.05) is 25.7 Å². The van der Waals surface area contributed by atoms with Crippen LogP contribution in [0.4, 0.5) is 0 Å². The Balaban J connectivity index is 5.24. The number of phosphoric acid groups is 2. The molecule has 0 aromatic heterocycles.